The third-order valence-electron chi connectivity index (χ3n) is 1.84. The highest BCUT2D eigenvalue weighted by atomic mass is 35.5. The van der Waals surface area contributed by atoms with Gasteiger partial charge in [0.15, 0.2) is 0 Å². The lowest BCUT2D eigenvalue weighted by Crippen LogP contribution is -2.01. The third-order valence-corrected chi connectivity index (χ3v) is 2.11. The van der Waals surface area contributed by atoms with Gasteiger partial charge in [0, 0.05) is 6.07 Å². The SMILES string of the molecule is COc1cc(CCl)nc(C)c1C(F)F. The number of halogens is 3. The van der Waals surface area contributed by atoms with Crippen LogP contribution in [0, 0.1) is 6.92 Å². The molecule has 0 spiro atoms. The van der Waals surface area contributed by atoms with Crippen molar-refractivity contribution >= 4 is 11.6 Å². The van der Waals surface area contributed by atoms with E-state index in [4.69, 9.17) is 16.3 Å². The Balaban J connectivity index is 3.27. The number of aromatic nitrogens is 1. The second kappa shape index (κ2) is 4.55. The molecule has 78 valence electrons. The number of hydrogen-bond acceptors (Lipinski definition) is 2. The molecular formula is C9H10ClF2NO. The summed E-state index contributed by atoms with van der Waals surface area (Å²) in [5.74, 6) is 0.323. The molecule has 0 aliphatic carbocycles. The lowest BCUT2D eigenvalue weighted by Gasteiger charge is -2.11. The van der Waals surface area contributed by atoms with Crippen molar-refractivity contribution in [1.29, 1.82) is 0 Å². The topological polar surface area (TPSA) is 22.1 Å². The molecular weight excluding hydrogens is 212 g/mol. The van der Waals surface area contributed by atoms with Crippen LogP contribution in [0.4, 0.5) is 8.78 Å². The Hall–Kier alpha value is -0.900. The van der Waals surface area contributed by atoms with Crippen molar-refractivity contribution in [2.24, 2.45) is 0 Å². The van der Waals surface area contributed by atoms with Gasteiger partial charge in [-0.2, -0.15) is 0 Å². The van der Waals surface area contributed by atoms with Crippen molar-refractivity contribution < 1.29 is 13.5 Å². The number of nitrogens with zero attached hydrogens (tertiary/aromatic N) is 1. The van der Waals surface area contributed by atoms with Crippen molar-refractivity contribution in [2.75, 3.05) is 7.11 Å². The molecule has 0 aliphatic heterocycles. The molecule has 0 N–H and O–H groups in total. The molecule has 0 aliphatic rings. The molecule has 1 aromatic rings. The molecule has 14 heavy (non-hydrogen) atoms. The molecule has 0 unspecified atom stereocenters. The molecule has 1 heterocycles. The van der Waals surface area contributed by atoms with Gasteiger partial charge >= 0.3 is 0 Å². The van der Waals surface area contributed by atoms with Crippen LogP contribution in [0.15, 0.2) is 6.07 Å². The van der Waals surface area contributed by atoms with Crippen LogP contribution in [0.5, 0.6) is 5.75 Å². The van der Waals surface area contributed by atoms with Gasteiger partial charge in [0.05, 0.1) is 29.9 Å². The first-order chi connectivity index (χ1) is 6.60. The molecule has 0 aromatic carbocycles. The van der Waals surface area contributed by atoms with Crippen molar-refractivity contribution in [3.05, 3.63) is 23.0 Å². The number of rotatable bonds is 3. The maximum Gasteiger partial charge on any atom is 0.269 e. The minimum absolute atomic E-state index is 0.142. The normalized spacial score (nSPS) is 10.7. The summed E-state index contributed by atoms with van der Waals surface area (Å²) in [4.78, 5) is 3.93. The number of aryl methyl sites for hydroxylation is 1. The van der Waals surface area contributed by atoms with Crippen LogP contribution in [0.1, 0.15) is 23.4 Å². The fraction of sp³-hybridized carbons (Fsp3) is 0.444. The van der Waals surface area contributed by atoms with Gasteiger partial charge in [-0.25, -0.2) is 8.78 Å². The molecule has 5 heteroatoms. The zero-order chi connectivity index (χ0) is 10.7. The summed E-state index contributed by atoms with van der Waals surface area (Å²) in [5.41, 5.74) is 0.627. The predicted octanol–water partition coefficient (Wildman–Crippen LogP) is 3.08. The average Bonchev–Trinajstić information content (AvgIpc) is 2.15. The lowest BCUT2D eigenvalue weighted by atomic mass is 10.1. The quantitative estimate of drug-likeness (QED) is 0.732. The summed E-state index contributed by atoms with van der Waals surface area (Å²) >= 11 is 5.55. The average molecular weight is 222 g/mol. The number of hydrogen-bond donors (Lipinski definition) is 0. The van der Waals surface area contributed by atoms with E-state index in [0.29, 0.717) is 5.69 Å². The molecule has 0 amide bonds. The molecule has 1 rings (SSSR count). The maximum atomic E-state index is 12.6. The minimum Gasteiger partial charge on any atom is -0.496 e. The standard InChI is InChI=1S/C9H10ClF2NO/c1-5-8(9(11)12)7(14-2)3-6(4-10)13-5/h3,9H,4H2,1-2H3. The minimum atomic E-state index is -2.58. The molecule has 0 radical (unpaired) electrons. The molecule has 0 saturated heterocycles. The number of ether oxygens (including phenoxy) is 1. The Bertz CT molecular complexity index is 331. The van der Waals surface area contributed by atoms with Crippen LogP contribution in [0.2, 0.25) is 0 Å². The molecule has 0 saturated carbocycles. The van der Waals surface area contributed by atoms with Crippen LogP contribution >= 0.6 is 11.6 Å². The van der Waals surface area contributed by atoms with Gasteiger partial charge in [0.2, 0.25) is 0 Å². The Morgan fingerprint density at radius 2 is 2.21 bits per heavy atom. The largest absolute Gasteiger partial charge is 0.496 e. The summed E-state index contributed by atoms with van der Waals surface area (Å²) < 4.78 is 30.0. The summed E-state index contributed by atoms with van der Waals surface area (Å²) in [6.45, 7) is 1.51. The predicted molar refractivity (Wildman–Crippen MR) is 50.0 cm³/mol. The van der Waals surface area contributed by atoms with Gasteiger partial charge in [-0.3, -0.25) is 4.98 Å². The summed E-state index contributed by atoms with van der Waals surface area (Å²) in [6, 6.07) is 1.43. The van der Waals surface area contributed by atoms with E-state index in [9.17, 15) is 8.78 Å². The highest BCUT2D eigenvalue weighted by Gasteiger charge is 2.18. The second-order valence-corrected chi connectivity index (χ2v) is 3.02. The van der Waals surface area contributed by atoms with Crippen molar-refractivity contribution in [3.63, 3.8) is 0 Å². The zero-order valence-corrected chi connectivity index (χ0v) is 8.61. The smallest absolute Gasteiger partial charge is 0.269 e. The number of pyridine rings is 1. The first kappa shape index (κ1) is 11.2. The van der Waals surface area contributed by atoms with Gasteiger partial charge in [-0.15, -0.1) is 11.6 Å². The number of alkyl halides is 3. The fourth-order valence-electron chi connectivity index (χ4n) is 1.22. The van der Waals surface area contributed by atoms with E-state index in [0.717, 1.165) is 0 Å². The Labute approximate surface area is 85.9 Å². The van der Waals surface area contributed by atoms with Crippen LogP contribution in [0.3, 0.4) is 0 Å². The van der Waals surface area contributed by atoms with Gasteiger partial charge < -0.3 is 4.74 Å². The molecule has 0 atom stereocenters. The second-order valence-electron chi connectivity index (χ2n) is 2.75. The van der Waals surface area contributed by atoms with E-state index in [-0.39, 0.29) is 22.9 Å². The Morgan fingerprint density at radius 3 is 2.64 bits per heavy atom. The zero-order valence-electron chi connectivity index (χ0n) is 7.85. The number of methoxy groups -OCH3 is 1. The maximum absolute atomic E-state index is 12.6. The molecule has 0 fully saturated rings. The van der Waals surface area contributed by atoms with Crippen LogP contribution in [0.25, 0.3) is 0 Å². The Kier molecular flexibility index (Phi) is 3.63. The van der Waals surface area contributed by atoms with E-state index in [1.54, 1.807) is 0 Å². The first-order valence-corrected chi connectivity index (χ1v) is 4.52. The molecule has 2 nitrogen and oxygen atoms in total. The van der Waals surface area contributed by atoms with Crippen LogP contribution in [-0.4, -0.2) is 12.1 Å². The van der Waals surface area contributed by atoms with E-state index in [2.05, 4.69) is 4.98 Å². The van der Waals surface area contributed by atoms with Crippen molar-refractivity contribution in [2.45, 2.75) is 19.2 Å². The van der Waals surface area contributed by atoms with E-state index < -0.39 is 6.43 Å². The van der Waals surface area contributed by atoms with Gasteiger partial charge in [-0.1, -0.05) is 0 Å². The fourth-order valence-corrected chi connectivity index (χ4v) is 1.35. The van der Waals surface area contributed by atoms with Crippen molar-refractivity contribution in [3.8, 4) is 5.75 Å². The van der Waals surface area contributed by atoms with Gasteiger partial charge in [0.1, 0.15) is 5.75 Å². The molecule has 0 bridgehead atoms. The highest BCUT2D eigenvalue weighted by molar-refractivity contribution is 6.16. The van der Waals surface area contributed by atoms with E-state index in [1.165, 1.54) is 20.1 Å². The van der Waals surface area contributed by atoms with E-state index >= 15 is 0 Å². The first-order valence-electron chi connectivity index (χ1n) is 3.98. The lowest BCUT2D eigenvalue weighted by molar-refractivity contribution is 0.145. The summed E-state index contributed by atoms with van der Waals surface area (Å²) in [5, 5.41) is 0. The van der Waals surface area contributed by atoms with E-state index in [1.807, 2.05) is 0 Å². The van der Waals surface area contributed by atoms with Gasteiger partial charge in [-0.05, 0) is 6.92 Å². The highest BCUT2D eigenvalue weighted by Crippen LogP contribution is 2.31. The summed E-state index contributed by atoms with van der Waals surface area (Å²) in [6.07, 6.45) is -2.58. The monoisotopic (exact) mass is 221 g/mol. The van der Waals surface area contributed by atoms with Crippen LogP contribution in [-0.2, 0) is 5.88 Å². The van der Waals surface area contributed by atoms with Gasteiger partial charge in [0.25, 0.3) is 6.43 Å². The Morgan fingerprint density at radius 1 is 1.57 bits per heavy atom. The summed E-state index contributed by atoms with van der Waals surface area (Å²) in [7, 11) is 1.35. The van der Waals surface area contributed by atoms with Crippen molar-refractivity contribution in [1.82, 2.24) is 4.98 Å². The molecule has 1 aromatic heterocycles. The third kappa shape index (κ3) is 2.12. The van der Waals surface area contributed by atoms with Crippen LogP contribution < -0.4 is 4.74 Å².